The van der Waals surface area contributed by atoms with Crippen LogP contribution in [0.3, 0.4) is 0 Å². The number of aromatic amines is 1. The standard InChI is InChI=1S/C19H20BrN3OS/c1-23(10-12-6-8-13(20)9-7-12)11-16-21-18(24)17-14-4-2-3-5-15(14)25-19(17)22-16/h6-9H,2-5,10-11H2,1H3,(H,21,22,24). The van der Waals surface area contributed by atoms with Gasteiger partial charge in [-0.25, -0.2) is 4.98 Å². The molecule has 2 aromatic heterocycles. The van der Waals surface area contributed by atoms with E-state index in [0.29, 0.717) is 6.54 Å². The average molecular weight is 418 g/mol. The third-order valence-corrected chi connectivity index (χ3v) is 6.37. The van der Waals surface area contributed by atoms with Gasteiger partial charge in [-0.15, -0.1) is 11.3 Å². The van der Waals surface area contributed by atoms with Gasteiger partial charge in [0.05, 0.1) is 11.9 Å². The van der Waals surface area contributed by atoms with E-state index >= 15 is 0 Å². The maximum absolute atomic E-state index is 12.6. The SMILES string of the molecule is CN(Cc1ccc(Br)cc1)Cc1nc2sc3c(c2c(=O)[nH]1)CCCC3. The van der Waals surface area contributed by atoms with Gasteiger partial charge in [0.25, 0.3) is 5.56 Å². The van der Waals surface area contributed by atoms with Gasteiger partial charge in [0, 0.05) is 15.9 Å². The number of thiophene rings is 1. The van der Waals surface area contributed by atoms with Gasteiger partial charge in [-0.05, 0) is 56.0 Å². The maximum Gasteiger partial charge on any atom is 0.259 e. The van der Waals surface area contributed by atoms with Crippen LogP contribution < -0.4 is 5.56 Å². The Kier molecular flexibility index (Phi) is 4.75. The van der Waals surface area contributed by atoms with Crippen LogP contribution in [0.15, 0.2) is 33.5 Å². The first kappa shape index (κ1) is 16.9. The predicted molar refractivity (Wildman–Crippen MR) is 106 cm³/mol. The van der Waals surface area contributed by atoms with E-state index in [0.717, 1.165) is 39.9 Å². The summed E-state index contributed by atoms with van der Waals surface area (Å²) in [6.07, 6.45) is 4.51. The molecule has 0 saturated heterocycles. The number of halogens is 1. The van der Waals surface area contributed by atoms with Crippen LogP contribution in [0.4, 0.5) is 0 Å². The van der Waals surface area contributed by atoms with Crippen molar-refractivity contribution in [3.05, 3.63) is 60.9 Å². The lowest BCUT2D eigenvalue weighted by molar-refractivity contribution is 0.311. The molecule has 0 unspecified atom stereocenters. The summed E-state index contributed by atoms with van der Waals surface area (Å²) in [4.78, 5) is 24.8. The lowest BCUT2D eigenvalue weighted by Gasteiger charge is -2.16. The number of aryl methyl sites for hydroxylation is 2. The highest BCUT2D eigenvalue weighted by atomic mass is 79.9. The Morgan fingerprint density at radius 2 is 1.96 bits per heavy atom. The summed E-state index contributed by atoms with van der Waals surface area (Å²) >= 11 is 5.16. The largest absolute Gasteiger partial charge is 0.309 e. The number of nitrogens with zero attached hydrogens (tertiary/aromatic N) is 2. The number of benzene rings is 1. The second-order valence-corrected chi connectivity index (χ2v) is 8.70. The van der Waals surface area contributed by atoms with Crippen LogP contribution in [-0.2, 0) is 25.9 Å². The van der Waals surface area contributed by atoms with E-state index < -0.39 is 0 Å². The first-order valence-electron chi connectivity index (χ1n) is 8.56. The Bertz CT molecular complexity index is 961. The molecule has 0 amide bonds. The minimum atomic E-state index is 0.0245. The summed E-state index contributed by atoms with van der Waals surface area (Å²) in [5.41, 5.74) is 2.51. The fraction of sp³-hybridized carbons (Fsp3) is 0.368. The Hall–Kier alpha value is -1.50. The van der Waals surface area contributed by atoms with Crippen molar-refractivity contribution < 1.29 is 0 Å². The molecule has 1 aromatic carbocycles. The van der Waals surface area contributed by atoms with E-state index in [2.05, 4.69) is 37.9 Å². The predicted octanol–water partition coefficient (Wildman–Crippen LogP) is 4.26. The summed E-state index contributed by atoms with van der Waals surface area (Å²) in [5, 5.41) is 0.832. The average Bonchev–Trinajstić information content (AvgIpc) is 2.95. The van der Waals surface area contributed by atoms with Gasteiger partial charge >= 0.3 is 0 Å². The molecule has 0 radical (unpaired) electrons. The van der Waals surface area contributed by atoms with Crippen molar-refractivity contribution >= 4 is 37.5 Å². The number of fused-ring (bicyclic) bond motifs is 3. The molecule has 1 aliphatic rings. The Labute approximate surface area is 159 Å². The summed E-state index contributed by atoms with van der Waals surface area (Å²) in [7, 11) is 2.05. The second kappa shape index (κ2) is 7.02. The Morgan fingerprint density at radius 3 is 2.76 bits per heavy atom. The van der Waals surface area contributed by atoms with Gasteiger partial charge in [0.15, 0.2) is 0 Å². The number of hydrogen-bond donors (Lipinski definition) is 1. The van der Waals surface area contributed by atoms with E-state index in [1.807, 2.05) is 19.2 Å². The molecule has 1 N–H and O–H groups in total. The minimum Gasteiger partial charge on any atom is -0.309 e. The van der Waals surface area contributed by atoms with E-state index in [4.69, 9.17) is 4.98 Å². The van der Waals surface area contributed by atoms with Crippen LogP contribution in [0.2, 0.25) is 0 Å². The van der Waals surface area contributed by atoms with Crippen molar-refractivity contribution in [2.45, 2.75) is 38.8 Å². The monoisotopic (exact) mass is 417 g/mol. The molecule has 1 aliphatic carbocycles. The molecule has 4 nitrogen and oxygen atoms in total. The maximum atomic E-state index is 12.6. The number of H-pyrrole nitrogens is 1. The highest BCUT2D eigenvalue weighted by Gasteiger charge is 2.19. The van der Waals surface area contributed by atoms with Crippen LogP contribution in [-0.4, -0.2) is 21.9 Å². The van der Waals surface area contributed by atoms with Crippen LogP contribution >= 0.6 is 27.3 Å². The van der Waals surface area contributed by atoms with E-state index in [1.165, 1.54) is 28.8 Å². The van der Waals surface area contributed by atoms with Gasteiger partial charge in [0.1, 0.15) is 10.7 Å². The fourth-order valence-corrected chi connectivity index (χ4v) is 5.04. The molecular weight excluding hydrogens is 398 g/mol. The van der Waals surface area contributed by atoms with Crippen molar-refractivity contribution in [3.8, 4) is 0 Å². The van der Waals surface area contributed by atoms with Gasteiger partial charge in [-0.2, -0.15) is 0 Å². The molecule has 0 bridgehead atoms. The lowest BCUT2D eigenvalue weighted by atomic mass is 9.97. The highest BCUT2D eigenvalue weighted by Crippen LogP contribution is 2.33. The molecule has 6 heteroatoms. The zero-order valence-corrected chi connectivity index (χ0v) is 16.5. The quantitative estimate of drug-likeness (QED) is 0.689. The van der Waals surface area contributed by atoms with E-state index in [1.54, 1.807) is 11.3 Å². The van der Waals surface area contributed by atoms with Gasteiger partial charge in [-0.3, -0.25) is 9.69 Å². The molecular formula is C19H20BrN3OS. The highest BCUT2D eigenvalue weighted by molar-refractivity contribution is 9.10. The first-order valence-corrected chi connectivity index (χ1v) is 10.2. The molecule has 2 heterocycles. The molecule has 0 spiro atoms. The minimum absolute atomic E-state index is 0.0245. The van der Waals surface area contributed by atoms with Gasteiger partial charge < -0.3 is 4.98 Å². The van der Waals surface area contributed by atoms with Crippen molar-refractivity contribution in [2.75, 3.05) is 7.05 Å². The fourth-order valence-electron chi connectivity index (χ4n) is 3.50. The molecule has 0 atom stereocenters. The number of rotatable bonds is 4. The molecule has 130 valence electrons. The molecule has 3 aromatic rings. The lowest BCUT2D eigenvalue weighted by Crippen LogP contribution is -2.21. The molecule has 0 saturated carbocycles. The molecule has 0 aliphatic heterocycles. The molecule has 0 fully saturated rings. The Balaban J connectivity index is 1.57. The summed E-state index contributed by atoms with van der Waals surface area (Å²) in [6, 6.07) is 8.30. The number of hydrogen-bond acceptors (Lipinski definition) is 4. The third kappa shape index (κ3) is 3.57. The smallest absolute Gasteiger partial charge is 0.259 e. The molecule has 25 heavy (non-hydrogen) atoms. The van der Waals surface area contributed by atoms with Crippen LogP contribution in [0.25, 0.3) is 10.2 Å². The van der Waals surface area contributed by atoms with E-state index in [9.17, 15) is 4.79 Å². The van der Waals surface area contributed by atoms with Crippen molar-refractivity contribution in [1.82, 2.24) is 14.9 Å². The topological polar surface area (TPSA) is 49.0 Å². The van der Waals surface area contributed by atoms with Gasteiger partial charge in [0.2, 0.25) is 0 Å². The van der Waals surface area contributed by atoms with Crippen molar-refractivity contribution in [3.63, 3.8) is 0 Å². The Morgan fingerprint density at radius 1 is 1.20 bits per heavy atom. The molecule has 4 rings (SSSR count). The normalized spacial score (nSPS) is 14.2. The third-order valence-electron chi connectivity index (χ3n) is 4.66. The van der Waals surface area contributed by atoms with Crippen LogP contribution in [0, 0.1) is 0 Å². The summed E-state index contributed by atoms with van der Waals surface area (Å²) < 4.78 is 1.08. The van der Waals surface area contributed by atoms with Crippen molar-refractivity contribution in [1.29, 1.82) is 0 Å². The zero-order chi connectivity index (χ0) is 17.4. The van der Waals surface area contributed by atoms with E-state index in [-0.39, 0.29) is 5.56 Å². The van der Waals surface area contributed by atoms with Crippen LogP contribution in [0.5, 0.6) is 0 Å². The van der Waals surface area contributed by atoms with Crippen LogP contribution in [0.1, 0.15) is 34.7 Å². The first-order chi connectivity index (χ1) is 12.1. The summed E-state index contributed by atoms with van der Waals surface area (Å²) in [5.74, 6) is 0.746. The van der Waals surface area contributed by atoms with Crippen molar-refractivity contribution in [2.24, 2.45) is 0 Å². The zero-order valence-electron chi connectivity index (χ0n) is 14.1. The second-order valence-electron chi connectivity index (χ2n) is 6.70. The number of nitrogens with one attached hydrogen (secondary N) is 1. The number of aromatic nitrogens is 2. The van der Waals surface area contributed by atoms with Gasteiger partial charge in [-0.1, -0.05) is 28.1 Å². The summed E-state index contributed by atoms with van der Waals surface area (Å²) in [6.45, 7) is 1.44.